The van der Waals surface area contributed by atoms with E-state index in [1.54, 1.807) is 0 Å². The third-order valence-electron chi connectivity index (χ3n) is 2.17. The van der Waals surface area contributed by atoms with E-state index in [1.165, 1.54) is 0 Å². The first kappa shape index (κ1) is 9.74. The van der Waals surface area contributed by atoms with Crippen LogP contribution >= 0.6 is 15.9 Å². The second-order valence-electron chi connectivity index (χ2n) is 3.22. The second kappa shape index (κ2) is 4.15. The maximum absolute atomic E-state index is 5.71. The van der Waals surface area contributed by atoms with E-state index in [-0.39, 0.29) is 0 Å². The van der Waals surface area contributed by atoms with Crippen molar-refractivity contribution in [3.63, 3.8) is 0 Å². The van der Waals surface area contributed by atoms with Crippen molar-refractivity contribution in [3.05, 3.63) is 34.5 Å². The summed E-state index contributed by atoms with van der Waals surface area (Å²) in [5.74, 6) is 1.03. The number of rotatable bonds is 3. The predicted octanol–water partition coefficient (Wildman–Crippen LogP) is 2.96. The number of furan rings is 1. The van der Waals surface area contributed by atoms with Gasteiger partial charge in [0.05, 0.1) is 4.47 Å². The summed E-state index contributed by atoms with van der Waals surface area (Å²) >= 11 is 3.47. The first-order chi connectivity index (χ1) is 6.81. The summed E-state index contributed by atoms with van der Waals surface area (Å²) in [7, 11) is 1.94. The Morgan fingerprint density at radius 1 is 1.43 bits per heavy atom. The third-order valence-corrected chi connectivity index (χ3v) is 2.79. The number of para-hydroxylation sites is 1. The van der Waals surface area contributed by atoms with E-state index in [0.717, 1.165) is 34.2 Å². The van der Waals surface area contributed by atoms with Gasteiger partial charge in [0, 0.05) is 18.4 Å². The van der Waals surface area contributed by atoms with Gasteiger partial charge in [0.2, 0.25) is 0 Å². The molecule has 0 bridgehead atoms. The van der Waals surface area contributed by atoms with Crippen LogP contribution in [-0.4, -0.2) is 13.6 Å². The average Bonchev–Trinajstić information content (AvgIpc) is 2.59. The highest BCUT2D eigenvalue weighted by Crippen LogP contribution is 2.26. The van der Waals surface area contributed by atoms with Gasteiger partial charge in [0.15, 0.2) is 0 Å². The van der Waals surface area contributed by atoms with Gasteiger partial charge in [-0.1, -0.05) is 12.1 Å². The number of hydrogen-bond donors (Lipinski definition) is 1. The van der Waals surface area contributed by atoms with Gasteiger partial charge < -0.3 is 9.73 Å². The number of halogens is 1. The summed E-state index contributed by atoms with van der Waals surface area (Å²) in [4.78, 5) is 0. The van der Waals surface area contributed by atoms with Crippen LogP contribution in [0.25, 0.3) is 11.0 Å². The molecular formula is C11H12BrNO. The molecule has 1 aromatic heterocycles. The molecule has 2 rings (SSSR count). The van der Waals surface area contributed by atoms with Crippen molar-refractivity contribution < 1.29 is 4.42 Å². The molecule has 0 atom stereocenters. The molecular weight excluding hydrogens is 242 g/mol. The Morgan fingerprint density at radius 3 is 3.00 bits per heavy atom. The fourth-order valence-electron chi connectivity index (χ4n) is 1.45. The third kappa shape index (κ3) is 1.83. The minimum Gasteiger partial charge on any atom is -0.460 e. The van der Waals surface area contributed by atoms with E-state index in [2.05, 4.69) is 33.4 Å². The van der Waals surface area contributed by atoms with Crippen molar-refractivity contribution in [1.29, 1.82) is 0 Å². The van der Waals surface area contributed by atoms with Crippen LogP contribution in [0.2, 0.25) is 0 Å². The lowest BCUT2D eigenvalue weighted by molar-refractivity contribution is 0.540. The molecule has 0 saturated heterocycles. The highest BCUT2D eigenvalue weighted by molar-refractivity contribution is 9.10. The van der Waals surface area contributed by atoms with Crippen LogP contribution in [0.15, 0.2) is 33.2 Å². The van der Waals surface area contributed by atoms with Gasteiger partial charge in [-0.05, 0) is 35.1 Å². The number of benzene rings is 1. The Balaban J connectivity index is 2.36. The summed E-state index contributed by atoms with van der Waals surface area (Å²) in [6.45, 7) is 0.942. The number of likely N-dealkylation sites (N-methyl/N-ethyl adjacent to an activating group) is 1. The van der Waals surface area contributed by atoms with Crippen LogP contribution in [0, 0.1) is 0 Å². The molecule has 0 aliphatic carbocycles. The Kier molecular flexibility index (Phi) is 2.89. The van der Waals surface area contributed by atoms with Gasteiger partial charge in [-0.3, -0.25) is 0 Å². The Morgan fingerprint density at radius 2 is 2.29 bits per heavy atom. The van der Waals surface area contributed by atoms with Crippen LogP contribution in [0.4, 0.5) is 0 Å². The number of fused-ring (bicyclic) bond motifs is 1. The minimum atomic E-state index is 0.928. The molecule has 1 aromatic carbocycles. The van der Waals surface area contributed by atoms with Crippen molar-refractivity contribution in [2.45, 2.75) is 6.42 Å². The number of hydrogen-bond acceptors (Lipinski definition) is 2. The summed E-state index contributed by atoms with van der Waals surface area (Å²) < 4.78 is 6.73. The van der Waals surface area contributed by atoms with E-state index in [1.807, 2.05) is 19.2 Å². The van der Waals surface area contributed by atoms with Crippen molar-refractivity contribution in [3.8, 4) is 0 Å². The molecule has 0 unspecified atom stereocenters. The molecule has 1 N–H and O–H groups in total. The van der Waals surface area contributed by atoms with Gasteiger partial charge in [-0.15, -0.1) is 0 Å². The summed E-state index contributed by atoms with van der Waals surface area (Å²) in [6, 6.07) is 8.17. The lowest BCUT2D eigenvalue weighted by Crippen LogP contribution is -2.09. The molecule has 0 fully saturated rings. The molecule has 0 aliphatic rings. The van der Waals surface area contributed by atoms with Gasteiger partial charge in [0.1, 0.15) is 11.3 Å². The van der Waals surface area contributed by atoms with Crippen LogP contribution in [0.1, 0.15) is 5.76 Å². The lowest BCUT2D eigenvalue weighted by atomic mass is 10.2. The molecule has 0 aliphatic heterocycles. The van der Waals surface area contributed by atoms with E-state index in [4.69, 9.17) is 4.42 Å². The van der Waals surface area contributed by atoms with Gasteiger partial charge in [-0.25, -0.2) is 0 Å². The van der Waals surface area contributed by atoms with E-state index in [0.29, 0.717) is 0 Å². The number of nitrogens with one attached hydrogen (secondary N) is 1. The minimum absolute atomic E-state index is 0.928. The zero-order valence-electron chi connectivity index (χ0n) is 8.01. The first-order valence-corrected chi connectivity index (χ1v) is 5.42. The zero-order valence-corrected chi connectivity index (χ0v) is 9.60. The summed E-state index contributed by atoms with van der Waals surface area (Å²) in [5, 5.41) is 4.26. The first-order valence-electron chi connectivity index (χ1n) is 4.63. The van der Waals surface area contributed by atoms with Crippen LogP contribution in [-0.2, 0) is 6.42 Å². The Labute approximate surface area is 91.4 Å². The van der Waals surface area contributed by atoms with E-state index >= 15 is 0 Å². The molecule has 14 heavy (non-hydrogen) atoms. The molecule has 0 spiro atoms. The highest BCUT2D eigenvalue weighted by atomic mass is 79.9. The van der Waals surface area contributed by atoms with Crippen LogP contribution < -0.4 is 5.32 Å². The van der Waals surface area contributed by atoms with Gasteiger partial charge in [0.25, 0.3) is 0 Å². The molecule has 1 heterocycles. The van der Waals surface area contributed by atoms with Crippen molar-refractivity contribution in [2.75, 3.05) is 13.6 Å². The predicted molar refractivity (Wildman–Crippen MR) is 61.5 cm³/mol. The SMILES string of the molecule is CNCCc1cc2cccc(Br)c2o1. The lowest BCUT2D eigenvalue weighted by Gasteiger charge is -1.94. The Bertz CT molecular complexity index is 436. The highest BCUT2D eigenvalue weighted by Gasteiger charge is 2.05. The molecule has 0 radical (unpaired) electrons. The topological polar surface area (TPSA) is 25.2 Å². The average molecular weight is 254 g/mol. The second-order valence-corrected chi connectivity index (χ2v) is 4.08. The smallest absolute Gasteiger partial charge is 0.148 e. The largest absolute Gasteiger partial charge is 0.460 e. The zero-order chi connectivity index (χ0) is 9.97. The molecule has 3 heteroatoms. The summed E-state index contributed by atoms with van der Waals surface area (Å²) in [6.07, 6.45) is 0.928. The normalized spacial score (nSPS) is 11.0. The molecule has 2 aromatic rings. The van der Waals surface area contributed by atoms with Crippen LogP contribution in [0.5, 0.6) is 0 Å². The van der Waals surface area contributed by atoms with E-state index in [9.17, 15) is 0 Å². The molecule has 0 amide bonds. The summed E-state index contributed by atoms with van der Waals surface area (Å²) in [5.41, 5.74) is 0.943. The maximum atomic E-state index is 5.71. The Hall–Kier alpha value is -0.800. The molecule has 2 nitrogen and oxygen atoms in total. The van der Waals surface area contributed by atoms with Crippen LogP contribution in [0.3, 0.4) is 0 Å². The monoisotopic (exact) mass is 253 g/mol. The quantitative estimate of drug-likeness (QED) is 0.910. The maximum Gasteiger partial charge on any atom is 0.148 e. The standard InChI is InChI=1S/C11H12BrNO/c1-13-6-5-9-7-8-3-2-4-10(12)11(8)14-9/h2-4,7,13H,5-6H2,1H3. The van der Waals surface area contributed by atoms with Gasteiger partial charge >= 0.3 is 0 Å². The van der Waals surface area contributed by atoms with Gasteiger partial charge in [-0.2, -0.15) is 0 Å². The molecule has 74 valence electrons. The fourth-order valence-corrected chi connectivity index (χ4v) is 1.91. The van der Waals surface area contributed by atoms with Crippen molar-refractivity contribution in [2.24, 2.45) is 0 Å². The molecule has 0 saturated carbocycles. The van der Waals surface area contributed by atoms with E-state index < -0.39 is 0 Å². The van der Waals surface area contributed by atoms with Crippen molar-refractivity contribution in [1.82, 2.24) is 5.32 Å². The fraction of sp³-hybridized carbons (Fsp3) is 0.273. The van der Waals surface area contributed by atoms with Crippen molar-refractivity contribution >= 4 is 26.9 Å².